The van der Waals surface area contributed by atoms with Gasteiger partial charge in [-0.1, -0.05) is 29.8 Å². The summed E-state index contributed by atoms with van der Waals surface area (Å²) in [7, 11) is 0. The van der Waals surface area contributed by atoms with Gasteiger partial charge < -0.3 is 16.0 Å². The Kier molecular flexibility index (Phi) is 5.80. The lowest BCUT2D eigenvalue weighted by molar-refractivity contribution is 0.262. The predicted molar refractivity (Wildman–Crippen MR) is 135 cm³/mol. The van der Waals surface area contributed by atoms with E-state index in [1.807, 2.05) is 79.7 Å². The molecule has 2 aromatic heterocycles. The number of urea groups is 1. The molecule has 0 aliphatic rings. The highest BCUT2D eigenvalue weighted by molar-refractivity contribution is 6.30. The maximum Gasteiger partial charge on any atom is 0.323 e. The van der Waals surface area contributed by atoms with Crippen molar-refractivity contribution in [1.29, 1.82) is 0 Å². The van der Waals surface area contributed by atoms with Crippen LogP contribution in [0.5, 0.6) is 0 Å². The molecule has 3 aromatic carbocycles. The number of nitrogens with one attached hydrogen (secondary N) is 3. The zero-order chi connectivity index (χ0) is 23.5. The van der Waals surface area contributed by atoms with Crippen LogP contribution in [0.1, 0.15) is 5.56 Å². The van der Waals surface area contributed by atoms with Gasteiger partial charge >= 0.3 is 6.03 Å². The average molecular weight is 470 g/mol. The first-order valence-electron chi connectivity index (χ1n) is 10.5. The van der Waals surface area contributed by atoms with Gasteiger partial charge in [0, 0.05) is 22.1 Å². The third-order valence-electron chi connectivity index (χ3n) is 5.24. The van der Waals surface area contributed by atoms with Gasteiger partial charge in [0.1, 0.15) is 12.1 Å². The average Bonchev–Trinajstić information content (AvgIpc) is 3.28. The second kappa shape index (κ2) is 9.21. The number of anilines is 4. The Labute approximate surface area is 200 Å². The molecule has 3 N–H and O–H groups in total. The van der Waals surface area contributed by atoms with Gasteiger partial charge in [-0.05, 0) is 67.1 Å². The fourth-order valence-electron chi connectivity index (χ4n) is 3.49. The minimum absolute atomic E-state index is 0.304. The molecule has 0 saturated heterocycles. The molecular formula is C25H20ClN7O. The van der Waals surface area contributed by atoms with Crippen LogP contribution in [0.15, 0.2) is 85.3 Å². The summed E-state index contributed by atoms with van der Waals surface area (Å²) < 4.78 is 1.73. The highest BCUT2D eigenvalue weighted by Gasteiger charge is 2.12. The quantitative estimate of drug-likeness (QED) is 0.286. The molecule has 0 saturated carbocycles. The number of amides is 2. The van der Waals surface area contributed by atoms with E-state index in [-0.39, 0.29) is 6.03 Å². The maximum atomic E-state index is 12.3. The topological polar surface area (TPSA) is 96.8 Å². The molecule has 0 atom stereocenters. The van der Waals surface area contributed by atoms with Crippen LogP contribution < -0.4 is 16.0 Å². The van der Waals surface area contributed by atoms with Crippen LogP contribution in [0.2, 0.25) is 5.02 Å². The van der Waals surface area contributed by atoms with Crippen molar-refractivity contribution in [2.24, 2.45) is 0 Å². The molecule has 8 nitrogen and oxygen atoms in total. The Balaban J connectivity index is 1.30. The molecule has 5 rings (SSSR count). The number of carbonyl (C=O) groups excluding carboxylic acids is 1. The molecule has 2 amide bonds. The van der Waals surface area contributed by atoms with Crippen molar-refractivity contribution >= 4 is 51.5 Å². The van der Waals surface area contributed by atoms with E-state index >= 15 is 0 Å². The minimum Gasteiger partial charge on any atom is -0.340 e. The van der Waals surface area contributed by atoms with Gasteiger partial charge in [-0.15, -0.1) is 0 Å². The Bertz CT molecular complexity index is 1460. The lowest BCUT2D eigenvalue weighted by Gasteiger charge is -2.11. The van der Waals surface area contributed by atoms with Gasteiger partial charge in [-0.3, -0.25) is 0 Å². The zero-order valence-corrected chi connectivity index (χ0v) is 18.9. The summed E-state index contributed by atoms with van der Waals surface area (Å²) in [6.45, 7) is 1.94. The highest BCUT2D eigenvalue weighted by atomic mass is 35.5. The second-order valence-corrected chi connectivity index (χ2v) is 8.03. The van der Waals surface area contributed by atoms with E-state index in [0.29, 0.717) is 22.2 Å². The standard InChI is InChI=1S/C25H20ClN7O/c1-16-4-2-3-5-22(16)32-25(34)31-19-10-8-18(9-11-19)30-23-21-14-29-33(24(21)28-15-27-23)20-12-6-17(26)7-13-20/h2-15H,1H3,(H,27,28,30)(H2,31,32,34). The molecule has 0 spiro atoms. The van der Waals surface area contributed by atoms with E-state index in [1.54, 1.807) is 10.9 Å². The first kappa shape index (κ1) is 21.4. The van der Waals surface area contributed by atoms with Crippen molar-refractivity contribution in [1.82, 2.24) is 19.7 Å². The second-order valence-electron chi connectivity index (χ2n) is 7.59. The van der Waals surface area contributed by atoms with Crippen molar-refractivity contribution in [2.75, 3.05) is 16.0 Å². The van der Waals surface area contributed by atoms with Crippen LogP contribution in [-0.2, 0) is 0 Å². The summed E-state index contributed by atoms with van der Waals surface area (Å²) in [5, 5.41) is 14.9. The largest absolute Gasteiger partial charge is 0.340 e. The summed E-state index contributed by atoms with van der Waals surface area (Å²) in [5.41, 5.74) is 4.76. The number of nitrogens with zero attached hydrogens (tertiary/aromatic N) is 4. The first-order chi connectivity index (χ1) is 16.6. The molecule has 0 radical (unpaired) electrons. The SMILES string of the molecule is Cc1ccccc1NC(=O)Nc1ccc(Nc2ncnc3c2cnn3-c2ccc(Cl)cc2)cc1. The highest BCUT2D eigenvalue weighted by Crippen LogP contribution is 2.26. The van der Waals surface area contributed by atoms with E-state index < -0.39 is 0 Å². The van der Waals surface area contributed by atoms with Crippen molar-refractivity contribution in [2.45, 2.75) is 6.92 Å². The third-order valence-corrected chi connectivity index (χ3v) is 5.49. The van der Waals surface area contributed by atoms with Crippen LogP contribution in [0.25, 0.3) is 16.7 Å². The molecule has 0 unspecified atom stereocenters. The van der Waals surface area contributed by atoms with E-state index in [0.717, 1.165) is 28.0 Å². The Morgan fingerprint density at radius 2 is 1.62 bits per heavy atom. The summed E-state index contributed by atoms with van der Waals surface area (Å²) in [6, 6.07) is 22.0. The van der Waals surface area contributed by atoms with Crippen molar-refractivity contribution in [3.63, 3.8) is 0 Å². The summed E-state index contributed by atoms with van der Waals surface area (Å²) in [6.07, 6.45) is 3.21. The number of fused-ring (bicyclic) bond motifs is 1. The fourth-order valence-corrected chi connectivity index (χ4v) is 3.61. The summed E-state index contributed by atoms with van der Waals surface area (Å²) >= 11 is 6.00. The number of halogens is 1. The van der Waals surface area contributed by atoms with Crippen LogP contribution in [0.4, 0.5) is 27.7 Å². The molecule has 2 heterocycles. The minimum atomic E-state index is -0.304. The van der Waals surface area contributed by atoms with E-state index in [2.05, 4.69) is 31.0 Å². The van der Waals surface area contributed by atoms with Crippen LogP contribution in [0.3, 0.4) is 0 Å². The Hall–Kier alpha value is -4.43. The number of para-hydroxylation sites is 1. The number of aromatic nitrogens is 4. The first-order valence-corrected chi connectivity index (χ1v) is 10.9. The van der Waals surface area contributed by atoms with Gasteiger partial charge in [0.2, 0.25) is 0 Å². The Morgan fingerprint density at radius 3 is 2.38 bits per heavy atom. The van der Waals surface area contributed by atoms with Crippen LogP contribution in [-0.4, -0.2) is 25.8 Å². The molecule has 5 aromatic rings. The molecule has 34 heavy (non-hydrogen) atoms. The third kappa shape index (κ3) is 4.53. The van der Waals surface area contributed by atoms with Crippen LogP contribution >= 0.6 is 11.6 Å². The predicted octanol–water partition coefficient (Wildman–Crippen LogP) is 6.16. The number of aryl methyl sites for hydroxylation is 1. The molecule has 0 aliphatic heterocycles. The van der Waals surface area contributed by atoms with Gasteiger partial charge in [0.25, 0.3) is 0 Å². The number of rotatable bonds is 5. The normalized spacial score (nSPS) is 10.8. The van der Waals surface area contributed by atoms with Gasteiger partial charge in [0.05, 0.1) is 17.3 Å². The van der Waals surface area contributed by atoms with Gasteiger partial charge in [0.15, 0.2) is 5.65 Å². The van der Waals surface area contributed by atoms with E-state index in [9.17, 15) is 4.79 Å². The van der Waals surface area contributed by atoms with Crippen molar-refractivity contribution in [3.05, 3.63) is 95.9 Å². The molecule has 168 valence electrons. The lowest BCUT2D eigenvalue weighted by Crippen LogP contribution is -2.19. The monoisotopic (exact) mass is 469 g/mol. The zero-order valence-electron chi connectivity index (χ0n) is 18.2. The number of hydrogen-bond donors (Lipinski definition) is 3. The summed E-state index contributed by atoms with van der Waals surface area (Å²) in [5.74, 6) is 0.628. The smallest absolute Gasteiger partial charge is 0.323 e. The number of benzene rings is 3. The fraction of sp³-hybridized carbons (Fsp3) is 0.0400. The van der Waals surface area contributed by atoms with Crippen molar-refractivity contribution in [3.8, 4) is 5.69 Å². The van der Waals surface area contributed by atoms with E-state index in [1.165, 1.54) is 6.33 Å². The molecular weight excluding hydrogens is 450 g/mol. The van der Waals surface area contributed by atoms with Gasteiger partial charge in [-0.2, -0.15) is 5.10 Å². The Morgan fingerprint density at radius 1 is 0.882 bits per heavy atom. The molecule has 0 aliphatic carbocycles. The molecule has 9 heteroatoms. The maximum absolute atomic E-state index is 12.3. The number of carbonyl (C=O) groups is 1. The molecule has 0 fully saturated rings. The number of hydrogen-bond acceptors (Lipinski definition) is 5. The summed E-state index contributed by atoms with van der Waals surface area (Å²) in [4.78, 5) is 21.1. The van der Waals surface area contributed by atoms with Crippen molar-refractivity contribution < 1.29 is 4.79 Å². The lowest BCUT2D eigenvalue weighted by atomic mass is 10.2. The van der Waals surface area contributed by atoms with Gasteiger partial charge in [-0.25, -0.2) is 19.4 Å². The molecule has 0 bridgehead atoms. The van der Waals surface area contributed by atoms with E-state index in [4.69, 9.17) is 11.6 Å². The van der Waals surface area contributed by atoms with Crippen LogP contribution in [0, 0.1) is 6.92 Å².